The highest BCUT2D eigenvalue weighted by Crippen LogP contribution is 2.52. The number of carbonyl (C=O) groups excluding carboxylic acids is 1. The summed E-state index contributed by atoms with van der Waals surface area (Å²) in [4.78, 5) is 26.3. The highest BCUT2D eigenvalue weighted by Gasteiger charge is 2.53. The van der Waals surface area contributed by atoms with Crippen LogP contribution in [0.25, 0.3) is 11.3 Å². The predicted molar refractivity (Wildman–Crippen MR) is 113 cm³/mol. The number of carbonyl (C=O) groups is 1. The van der Waals surface area contributed by atoms with Gasteiger partial charge in [0, 0.05) is 11.8 Å². The monoisotopic (exact) mass is 454 g/mol. The number of hydrogen-bond acceptors (Lipinski definition) is 7. The van der Waals surface area contributed by atoms with Gasteiger partial charge in [-0.25, -0.2) is 9.97 Å². The van der Waals surface area contributed by atoms with E-state index >= 15 is 0 Å². The fourth-order valence-corrected chi connectivity index (χ4v) is 3.90. The summed E-state index contributed by atoms with van der Waals surface area (Å²) in [5, 5.41) is 2.87. The van der Waals surface area contributed by atoms with Crippen molar-refractivity contribution < 1.29 is 27.8 Å². The second-order valence-corrected chi connectivity index (χ2v) is 8.08. The molecule has 1 amide bonds. The molecule has 3 heterocycles. The highest BCUT2D eigenvalue weighted by atomic mass is 19.3. The topological polar surface area (TPSA) is 95.5 Å². The van der Waals surface area contributed by atoms with E-state index in [0.29, 0.717) is 35.6 Å². The number of nitrogens with one attached hydrogen (secondary N) is 1. The number of alkyl halides is 2. The Balaban J connectivity index is 1.40. The minimum atomic E-state index is -3.70. The molecule has 1 aliphatic carbocycles. The molecule has 0 radical (unpaired) electrons. The molecule has 1 fully saturated rings. The zero-order chi connectivity index (χ0) is 23.4. The Bertz CT molecular complexity index is 1280. The fourth-order valence-electron chi connectivity index (χ4n) is 3.90. The third-order valence-corrected chi connectivity index (χ3v) is 5.87. The Kier molecular flexibility index (Phi) is 4.70. The van der Waals surface area contributed by atoms with Crippen LogP contribution in [0.2, 0.25) is 0 Å². The molecule has 0 spiro atoms. The van der Waals surface area contributed by atoms with Crippen molar-refractivity contribution in [2.45, 2.75) is 38.4 Å². The second-order valence-electron chi connectivity index (χ2n) is 8.08. The number of ether oxygens (including phenoxy) is 3. The van der Waals surface area contributed by atoms with Gasteiger partial charge in [-0.3, -0.25) is 4.79 Å². The van der Waals surface area contributed by atoms with Crippen LogP contribution in [0.5, 0.6) is 17.5 Å². The molecule has 0 unspecified atom stereocenters. The van der Waals surface area contributed by atoms with E-state index in [-0.39, 0.29) is 23.4 Å². The normalized spacial score (nSPS) is 16.9. The van der Waals surface area contributed by atoms with Crippen molar-refractivity contribution in [1.82, 2.24) is 15.0 Å². The quantitative estimate of drug-likeness (QED) is 0.619. The van der Waals surface area contributed by atoms with Crippen molar-refractivity contribution in [3.8, 4) is 28.8 Å². The number of benzene rings is 1. The van der Waals surface area contributed by atoms with Gasteiger partial charge in [-0.05, 0) is 56.0 Å². The average Bonchev–Trinajstić information content (AvgIpc) is 3.52. The highest BCUT2D eigenvalue weighted by molar-refractivity contribution is 6.01. The molecule has 33 heavy (non-hydrogen) atoms. The van der Waals surface area contributed by atoms with Crippen LogP contribution >= 0.6 is 0 Å². The standard InChI is InChI=1S/C23H20F2N4O4/c1-12-4-7-18(28-19(12)15-11-26-21(31-3)27-13(15)2)29-20(30)22(8-9-22)14-5-6-16-17(10-14)33-23(24,25)32-16/h4-7,10-11H,8-9H2,1-3H3,(H,28,29,30). The molecule has 0 bridgehead atoms. The summed E-state index contributed by atoms with van der Waals surface area (Å²) >= 11 is 0. The lowest BCUT2D eigenvalue weighted by Gasteiger charge is -2.17. The molecule has 1 N–H and O–H groups in total. The fraction of sp³-hybridized carbons (Fsp3) is 0.304. The van der Waals surface area contributed by atoms with Gasteiger partial charge in [-0.1, -0.05) is 12.1 Å². The van der Waals surface area contributed by atoms with Gasteiger partial charge in [-0.15, -0.1) is 8.78 Å². The predicted octanol–water partition coefficient (Wildman–Crippen LogP) is 4.16. The average molecular weight is 454 g/mol. The van der Waals surface area contributed by atoms with E-state index in [1.165, 1.54) is 19.2 Å². The largest absolute Gasteiger partial charge is 0.586 e. The Morgan fingerprint density at radius 3 is 2.55 bits per heavy atom. The number of rotatable bonds is 5. The van der Waals surface area contributed by atoms with E-state index < -0.39 is 11.7 Å². The third-order valence-electron chi connectivity index (χ3n) is 5.87. The first kappa shape index (κ1) is 21.0. The second kappa shape index (κ2) is 7.36. The summed E-state index contributed by atoms with van der Waals surface area (Å²) in [6.07, 6.45) is -0.906. The molecule has 5 rings (SSSR count). The van der Waals surface area contributed by atoms with Crippen LogP contribution < -0.4 is 19.5 Å². The molecule has 3 aromatic rings. The first-order valence-electron chi connectivity index (χ1n) is 10.3. The van der Waals surface area contributed by atoms with E-state index in [1.54, 1.807) is 18.3 Å². The van der Waals surface area contributed by atoms with Crippen molar-refractivity contribution in [3.63, 3.8) is 0 Å². The maximum Gasteiger partial charge on any atom is 0.586 e. The van der Waals surface area contributed by atoms with Crippen molar-refractivity contribution in [2.75, 3.05) is 12.4 Å². The number of fused-ring (bicyclic) bond motifs is 1. The summed E-state index contributed by atoms with van der Waals surface area (Å²) in [5.74, 6) is -0.0308. The molecule has 8 nitrogen and oxygen atoms in total. The summed E-state index contributed by atoms with van der Waals surface area (Å²) in [6.45, 7) is 3.73. The smallest absolute Gasteiger partial charge is 0.467 e. The minimum Gasteiger partial charge on any atom is -0.467 e. The molecule has 170 valence electrons. The van der Waals surface area contributed by atoms with Crippen LogP contribution in [0.4, 0.5) is 14.6 Å². The van der Waals surface area contributed by atoms with Crippen molar-refractivity contribution in [1.29, 1.82) is 0 Å². The van der Waals surface area contributed by atoms with Crippen LogP contribution in [0.15, 0.2) is 36.5 Å². The van der Waals surface area contributed by atoms with Crippen molar-refractivity contribution in [3.05, 3.63) is 53.3 Å². The lowest BCUT2D eigenvalue weighted by molar-refractivity contribution is -0.286. The Morgan fingerprint density at radius 2 is 1.85 bits per heavy atom. The number of amides is 1. The van der Waals surface area contributed by atoms with Crippen LogP contribution in [0, 0.1) is 13.8 Å². The molecular formula is C23H20F2N4O4. The van der Waals surface area contributed by atoms with Crippen LogP contribution in [-0.2, 0) is 10.2 Å². The molecule has 1 aromatic carbocycles. The molecule has 0 saturated heterocycles. The first-order valence-corrected chi connectivity index (χ1v) is 10.3. The zero-order valence-corrected chi connectivity index (χ0v) is 18.1. The van der Waals surface area contributed by atoms with Crippen molar-refractivity contribution in [2.24, 2.45) is 0 Å². The molecular weight excluding hydrogens is 434 g/mol. The van der Waals surface area contributed by atoms with Gasteiger partial charge < -0.3 is 19.5 Å². The number of pyridine rings is 1. The molecule has 2 aromatic heterocycles. The lowest BCUT2D eigenvalue weighted by atomic mass is 9.94. The van der Waals surface area contributed by atoms with E-state index in [1.807, 2.05) is 19.9 Å². The van der Waals surface area contributed by atoms with Gasteiger partial charge in [-0.2, -0.15) is 4.98 Å². The molecule has 1 aliphatic heterocycles. The van der Waals surface area contributed by atoms with Gasteiger partial charge in [0.15, 0.2) is 11.5 Å². The lowest BCUT2D eigenvalue weighted by Crippen LogP contribution is -2.28. The number of halogens is 2. The summed E-state index contributed by atoms with van der Waals surface area (Å²) < 4.78 is 40.8. The number of hydrogen-bond donors (Lipinski definition) is 1. The number of anilines is 1. The summed E-state index contributed by atoms with van der Waals surface area (Å²) in [7, 11) is 1.49. The molecule has 10 heteroatoms. The Labute approximate surface area is 187 Å². The minimum absolute atomic E-state index is 0.0538. The van der Waals surface area contributed by atoms with Crippen LogP contribution in [-0.4, -0.2) is 34.3 Å². The summed E-state index contributed by atoms with van der Waals surface area (Å²) in [5.41, 5.74) is 2.71. The van der Waals surface area contributed by atoms with Gasteiger partial charge in [0.2, 0.25) is 5.91 Å². The van der Waals surface area contributed by atoms with Gasteiger partial charge in [0.1, 0.15) is 5.82 Å². The van der Waals surface area contributed by atoms with Crippen LogP contribution in [0.1, 0.15) is 29.7 Å². The maximum absolute atomic E-state index is 13.4. The maximum atomic E-state index is 13.4. The molecule has 2 aliphatic rings. The zero-order valence-electron chi connectivity index (χ0n) is 18.1. The molecule has 1 saturated carbocycles. The van der Waals surface area contributed by atoms with Crippen LogP contribution in [0.3, 0.4) is 0 Å². The number of nitrogens with zero attached hydrogens (tertiary/aromatic N) is 3. The van der Waals surface area contributed by atoms with Gasteiger partial charge in [0.25, 0.3) is 0 Å². The van der Waals surface area contributed by atoms with E-state index in [9.17, 15) is 13.6 Å². The molecule has 0 atom stereocenters. The van der Waals surface area contributed by atoms with Gasteiger partial charge >= 0.3 is 12.3 Å². The number of methoxy groups -OCH3 is 1. The third kappa shape index (κ3) is 3.71. The summed E-state index contributed by atoms with van der Waals surface area (Å²) in [6, 6.07) is 8.27. The first-order chi connectivity index (χ1) is 15.7. The number of aromatic nitrogens is 3. The van der Waals surface area contributed by atoms with Gasteiger partial charge in [0.05, 0.1) is 23.9 Å². The van der Waals surface area contributed by atoms with E-state index in [2.05, 4.69) is 29.7 Å². The SMILES string of the molecule is COc1ncc(-c2nc(NC(=O)C3(c4ccc5c(c4)OC(F)(F)O5)CC3)ccc2C)c(C)n1. The Hall–Kier alpha value is -3.82. The Morgan fingerprint density at radius 1 is 1.09 bits per heavy atom. The number of aryl methyl sites for hydroxylation is 2. The van der Waals surface area contributed by atoms with E-state index in [0.717, 1.165) is 11.1 Å². The van der Waals surface area contributed by atoms with E-state index in [4.69, 9.17) is 4.74 Å². The van der Waals surface area contributed by atoms with Crippen molar-refractivity contribution >= 4 is 11.7 Å².